The highest BCUT2D eigenvalue weighted by Crippen LogP contribution is 2.31. The van der Waals surface area contributed by atoms with Gasteiger partial charge in [-0.1, -0.05) is 66.7 Å². The Hall–Kier alpha value is -3.79. The SMILES string of the molecule is O=c1cc(-c2ccccc2)oc2cc(OC/C=C/c3ccccc3)cc(O)c12. The van der Waals surface area contributed by atoms with Crippen molar-refractivity contribution in [1.82, 2.24) is 0 Å². The fourth-order valence-corrected chi connectivity index (χ4v) is 2.96. The van der Waals surface area contributed by atoms with E-state index in [4.69, 9.17) is 9.15 Å². The van der Waals surface area contributed by atoms with Crippen LogP contribution >= 0.6 is 0 Å². The van der Waals surface area contributed by atoms with Gasteiger partial charge >= 0.3 is 0 Å². The number of hydrogen-bond donors (Lipinski definition) is 1. The van der Waals surface area contributed by atoms with Gasteiger partial charge in [0.15, 0.2) is 5.43 Å². The van der Waals surface area contributed by atoms with Gasteiger partial charge in [-0.05, 0) is 11.6 Å². The molecule has 0 radical (unpaired) electrons. The molecule has 0 bridgehead atoms. The second kappa shape index (κ2) is 7.84. The molecule has 0 fully saturated rings. The van der Waals surface area contributed by atoms with Gasteiger partial charge in [0, 0.05) is 23.8 Å². The lowest BCUT2D eigenvalue weighted by Gasteiger charge is -2.08. The molecule has 0 aliphatic carbocycles. The summed E-state index contributed by atoms with van der Waals surface area (Å²) in [6.07, 6.45) is 3.83. The van der Waals surface area contributed by atoms with Gasteiger partial charge in [0.2, 0.25) is 0 Å². The minimum absolute atomic E-state index is 0.145. The van der Waals surface area contributed by atoms with E-state index in [1.807, 2.05) is 72.8 Å². The van der Waals surface area contributed by atoms with Crippen molar-refractivity contribution in [3.8, 4) is 22.8 Å². The van der Waals surface area contributed by atoms with Crippen molar-refractivity contribution in [1.29, 1.82) is 0 Å². The molecular formula is C24H18O4. The summed E-state index contributed by atoms with van der Waals surface area (Å²) in [6.45, 7) is 0.322. The van der Waals surface area contributed by atoms with Gasteiger partial charge in [0.05, 0.1) is 0 Å². The monoisotopic (exact) mass is 370 g/mol. The van der Waals surface area contributed by atoms with Gasteiger partial charge in [0.1, 0.15) is 34.8 Å². The zero-order valence-corrected chi connectivity index (χ0v) is 15.0. The summed E-state index contributed by atoms with van der Waals surface area (Å²) in [5, 5.41) is 10.4. The normalized spacial score (nSPS) is 11.1. The van der Waals surface area contributed by atoms with Gasteiger partial charge in [-0.2, -0.15) is 0 Å². The molecule has 1 heterocycles. The van der Waals surface area contributed by atoms with Crippen LogP contribution in [-0.2, 0) is 0 Å². The summed E-state index contributed by atoms with van der Waals surface area (Å²) >= 11 is 0. The summed E-state index contributed by atoms with van der Waals surface area (Å²) in [5.74, 6) is 0.711. The molecule has 1 N–H and O–H groups in total. The van der Waals surface area contributed by atoms with Gasteiger partial charge in [-0.15, -0.1) is 0 Å². The van der Waals surface area contributed by atoms with Crippen molar-refractivity contribution in [2.75, 3.05) is 6.61 Å². The average Bonchev–Trinajstić information content (AvgIpc) is 2.72. The van der Waals surface area contributed by atoms with Crippen LogP contribution in [0, 0.1) is 0 Å². The van der Waals surface area contributed by atoms with Gasteiger partial charge in [0.25, 0.3) is 0 Å². The molecule has 4 aromatic rings. The minimum Gasteiger partial charge on any atom is -0.507 e. The molecule has 28 heavy (non-hydrogen) atoms. The quantitative estimate of drug-likeness (QED) is 0.521. The van der Waals surface area contributed by atoms with E-state index in [9.17, 15) is 9.90 Å². The van der Waals surface area contributed by atoms with E-state index in [-0.39, 0.29) is 22.1 Å². The lowest BCUT2D eigenvalue weighted by molar-refractivity contribution is 0.360. The van der Waals surface area contributed by atoms with E-state index in [0.29, 0.717) is 18.1 Å². The van der Waals surface area contributed by atoms with Crippen LogP contribution in [0.5, 0.6) is 11.5 Å². The molecular weight excluding hydrogens is 352 g/mol. The van der Waals surface area contributed by atoms with Gasteiger partial charge < -0.3 is 14.3 Å². The molecule has 0 saturated heterocycles. The molecule has 0 spiro atoms. The van der Waals surface area contributed by atoms with E-state index in [0.717, 1.165) is 11.1 Å². The third kappa shape index (κ3) is 3.81. The number of rotatable bonds is 5. The fourth-order valence-electron chi connectivity index (χ4n) is 2.96. The number of hydrogen-bond acceptors (Lipinski definition) is 4. The lowest BCUT2D eigenvalue weighted by atomic mass is 10.1. The average molecular weight is 370 g/mol. The zero-order chi connectivity index (χ0) is 19.3. The highest BCUT2D eigenvalue weighted by Gasteiger charge is 2.12. The number of aromatic hydroxyl groups is 1. The highest BCUT2D eigenvalue weighted by molar-refractivity contribution is 5.86. The van der Waals surface area contributed by atoms with Crippen LogP contribution in [0.3, 0.4) is 0 Å². The van der Waals surface area contributed by atoms with Crippen molar-refractivity contribution < 1.29 is 14.3 Å². The molecule has 4 rings (SSSR count). The van der Waals surface area contributed by atoms with Crippen molar-refractivity contribution >= 4 is 17.0 Å². The minimum atomic E-state index is -0.298. The molecule has 0 aliphatic rings. The van der Waals surface area contributed by atoms with E-state index in [1.54, 1.807) is 6.07 Å². The molecule has 3 aromatic carbocycles. The first kappa shape index (κ1) is 17.6. The zero-order valence-electron chi connectivity index (χ0n) is 15.0. The first-order chi connectivity index (χ1) is 13.7. The standard InChI is InChI=1S/C24H18O4/c25-20-14-19(27-13-7-10-17-8-3-1-4-9-17)15-23-24(20)21(26)16-22(28-23)18-11-5-2-6-12-18/h1-12,14-16,25H,13H2/b10-7+. The number of fused-ring (bicyclic) bond motifs is 1. The van der Waals surface area contributed by atoms with E-state index in [2.05, 4.69) is 0 Å². The van der Waals surface area contributed by atoms with E-state index >= 15 is 0 Å². The Bertz CT molecular complexity index is 1180. The second-order valence-corrected chi connectivity index (χ2v) is 6.28. The second-order valence-electron chi connectivity index (χ2n) is 6.28. The topological polar surface area (TPSA) is 59.7 Å². The first-order valence-corrected chi connectivity index (χ1v) is 8.91. The lowest BCUT2D eigenvalue weighted by Crippen LogP contribution is -2.02. The van der Waals surface area contributed by atoms with Crippen LogP contribution in [0.25, 0.3) is 28.4 Å². The largest absolute Gasteiger partial charge is 0.507 e. The molecule has 1 aromatic heterocycles. The van der Waals surface area contributed by atoms with Crippen molar-refractivity contribution in [3.05, 3.63) is 101 Å². The first-order valence-electron chi connectivity index (χ1n) is 8.91. The van der Waals surface area contributed by atoms with Crippen LogP contribution in [0.4, 0.5) is 0 Å². The van der Waals surface area contributed by atoms with E-state index < -0.39 is 0 Å². The summed E-state index contributed by atoms with van der Waals surface area (Å²) in [7, 11) is 0. The van der Waals surface area contributed by atoms with Gasteiger partial charge in [-0.3, -0.25) is 4.79 Å². The maximum Gasteiger partial charge on any atom is 0.197 e. The molecule has 4 nitrogen and oxygen atoms in total. The summed E-state index contributed by atoms with van der Waals surface area (Å²) in [6, 6.07) is 23.7. The van der Waals surface area contributed by atoms with Crippen molar-refractivity contribution in [2.45, 2.75) is 0 Å². The van der Waals surface area contributed by atoms with Crippen molar-refractivity contribution in [2.24, 2.45) is 0 Å². The fraction of sp³-hybridized carbons (Fsp3) is 0.0417. The number of phenolic OH excluding ortho intramolecular Hbond substituents is 1. The van der Waals surface area contributed by atoms with Crippen LogP contribution in [0.1, 0.15) is 5.56 Å². The molecule has 0 atom stereocenters. The summed E-state index contributed by atoms with van der Waals surface area (Å²) in [4.78, 5) is 12.5. The molecule has 0 unspecified atom stereocenters. The maximum atomic E-state index is 12.5. The number of phenols is 1. The molecule has 0 amide bonds. The smallest absolute Gasteiger partial charge is 0.197 e. The molecule has 0 saturated carbocycles. The Kier molecular flexibility index (Phi) is 4.93. The predicted molar refractivity (Wildman–Crippen MR) is 111 cm³/mol. The Morgan fingerprint density at radius 3 is 2.39 bits per heavy atom. The van der Waals surface area contributed by atoms with Gasteiger partial charge in [-0.25, -0.2) is 0 Å². The van der Waals surface area contributed by atoms with Crippen LogP contribution in [-0.4, -0.2) is 11.7 Å². The van der Waals surface area contributed by atoms with Crippen LogP contribution in [0.2, 0.25) is 0 Å². The summed E-state index contributed by atoms with van der Waals surface area (Å²) in [5.41, 5.74) is 1.85. The van der Waals surface area contributed by atoms with Crippen LogP contribution in [0.15, 0.2) is 94.2 Å². The molecule has 4 heteroatoms. The van der Waals surface area contributed by atoms with Crippen LogP contribution < -0.4 is 10.2 Å². The highest BCUT2D eigenvalue weighted by atomic mass is 16.5. The maximum absolute atomic E-state index is 12.5. The number of benzene rings is 3. The Morgan fingerprint density at radius 2 is 1.64 bits per heavy atom. The molecule has 138 valence electrons. The third-order valence-electron chi connectivity index (χ3n) is 4.30. The van der Waals surface area contributed by atoms with E-state index in [1.165, 1.54) is 12.1 Å². The third-order valence-corrected chi connectivity index (χ3v) is 4.30. The van der Waals surface area contributed by atoms with Crippen molar-refractivity contribution in [3.63, 3.8) is 0 Å². The predicted octanol–water partition coefficient (Wildman–Crippen LogP) is 5.26. The molecule has 0 aliphatic heterocycles. The summed E-state index contributed by atoms with van der Waals surface area (Å²) < 4.78 is 11.6. The Labute approximate surface area is 162 Å². The Morgan fingerprint density at radius 1 is 0.929 bits per heavy atom. The number of ether oxygens (including phenoxy) is 1. The Balaban J connectivity index is 1.61.